The van der Waals surface area contributed by atoms with Gasteiger partial charge in [0.05, 0.1) is 4.92 Å². The van der Waals surface area contributed by atoms with E-state index in [0.717, 1.165) is 0 Å². The lowest BCUT2D eigenvalue weighted by atomic mass is 10.3. The molecule has 0 saturated carbocycles. The zero-order valence-corrected chi connectivity index (χ0v) is 26.4. The van der Waals surface area contributed by atoms with Gasteiger partial charge in [0.1, 0.15) is 0 Å². The average Bonchev–Trinajstić information content (AvgIpc) is 2.89. The minimum Gasteiger partial charge on any atom is -0.374 e. The molecule has 0 fully saturated rings. The Morgan fingerprint density at radius 3 is 1.41 bits per heavy atom. The van der Waals surface area contributed by atoms with Crippen LogP contribution in [0.15, 0.2) is 24.3 Å². The molecule has 0 aliphatic carbocycles. The fraction of sp³-hybridized carbons (Fsp3) is 0.720. The van der Waals surface area contributed by atoms with Crippen LogP contribution in [0.2, 0.25) is 12.1 Å². The lowest BCUT2D eigenvalue weighted by molar-refractivity contribution is -0.384. The third kappa shape index (κ3) is 12.4. The van der Waals surface area contributed by atoms with Crippen molar-refractivity contribution in [2.75, 3.05) is 58.0 Å². The lowest BCUT2D eigenvalue weighted by Crippen LogP contribution is -2.47. The third-order valence-corrected chi connectivity index (χ3v) is 11.9. The van der Waals surface area contributed by atoms with Crippen molar-refractivity contribution >= 4 is 35.0 Å². The highest BCUT2D eigenvalue weighted by Gasteiger charge is 2.41. The first kappa shape index (κ1) is 35.1. The molecule has 0 atom stereocenters. The van der Waals surface area contributed by atoms with Gasteiger partial charge in [0.25, 0.3) is 5.69 Å². The van der Waals surface area contributed by atoms with Crippen LogP contribution >= 0.6 is 0 Å². The molecule has 14 heteroatoms. The largest absolute Gasteiger partial charge is 0.500 e. The van der Waals surface area contributed by atoms with Gasteiger partial charge in [-0.05, 0) is 66.5 Å². The normalized spacial score (nSPS) is 11.9. The van der Waals surface area contributed by atoms with Crippen molar-refractivity contribution in [3.63, 3.8) is 0 Å². The Balaban J connectivity index is 3.01. The summed E-state index contributed by atoms with van der Waals surface area (Å²) in [6.45, 7) is 15.2. The van der Waals surface area contributed by atoms with Gasteiger partial charge in [-0.2, -0.15) is 0 Å². The molecule has 0 bridgehead atoms. The predicted octanol–water partition coefficient (Wildman–Crippen LogP) is 5.31. The van der Waals surface area contributed by atoms with Gasteiger partial charge < -0.3 is 36.8 Å². The van der Waals surface area contributed by atoms with Crippen LogP contribution in [-0.4, -0.2) is 86.2 Å². The summed E-state index contributed by atoms with van der Waals surface area (Å²) in [6.07, 6.45) is 1.23. The van der Waals surface area contributed by atoms with Crippen molar-refractivity contribution in [1.29, 1.82) is 0 Å². The van der Waals surface area contributed by atoms with Gasteiger partial charge in [-0.3, -0.25) is 10.1 Å². The van der Waals surface area contributed by atoms with E-state index in [1.165, 1.54) is 24.3 Å². The smallest absolute Gasteiger partial charge is 0.374 e. The highest BCUT2D eigenvalue weighted by Crippen LogP contribution is 2.22. The van der Waals surface area contributed by atoms with Crippen LogP contribution < -0.4 is 5.32 Å². The Bertz CT molecular complexity index is 767. The standard InChI is InChI=1S/C25H47N3O9Si2/c1-7-32-38(33-8-2,34-9-3)21-13-19-27(20-14-22-39(35-10-4,36-11-5)37-12-6)25(29)26-23-15-17-24(18-16-23)28(30)31/h15-18H,7-14,19-22H2,1-6H3,(H,26,29). The third-order valence-electron chi connectivity index (χ3n) is 5.62. The number of urea groups is 1. The molecule has 1 rings (SSSR count). The average molecular weight is 590 g/mol. The fourth-order valence-electron chi connectivity index (χ4n) is 4.16. The molecular formula is C25H47N3O9Si2. The molecule has 1 aromatic rings. The number of hydrogen-bond acceptors (Lipinski definition) is 9. The van der Waals surface area contributed by atoms with Crippen molar-refractivity contribution in [1.82, 2.24) is 4.90 Å². The maximum absolute atomic E-state index is 13.3. The summed E-state index contributed by atoms with van der Waals surface area (Å²) in [6, 6.07) is 6.58. The van der Waals surface area contributed by atoms with Crippen molar-refractivity contribution in [3.8, 4) is 0 Å². The van der Waals surface area contributed by atoms with Gasteiger partial charge in [0.2, 0.25) is 0 Å². The van der Waals surface area contributed by atoms with Gasteiger partial charge in [0.15, 0.2) is 0 Å². The number of non-ortho nitro benzene ring substituents is 1. The van der Waals surface area contributed by atoms with E-state index in [2.05, 4.69) is 5.32 Å². The van der Waals surface area contributed by atoms with Crippen molar-refractivity contribution in [2.45, 2.75) is 66.5 Å². The second-order valence-electron chi connectivity index (χ2n) is 8.39. The van der Waals surface area contributed by atoms with E-state index in [1.807, 2.05) is 41.5 Å². The van der Waals surface area contributed by atoms with E-state index < -0.39 is 22.5 Å². The van der Waals surface area contributed by atoms with Crippen molar-refractivity contribution < 1.29 is 36.3 Å². The second-order valence-corrected chi connectivity index (χ2v) is 13.9. The number of anilines is 1. The Morgan fingerprint density at radius 2 is 1.10 bits per heavy atom. The van der Waals surface area contributed by atoms with Gasteiger partial charge >= 0.3 is 23.6 Å². The second kappa shape index (κ2) is 19.2. The van der Waals surface area contributed by atoms with Crippen molar-refractivity contribution in [3.05, 3.63) is 34.4 Å². The fourth-order valence-corrected chi connectivity index (χ4v) is 9.35. The van der Waals surface area contributed by atoms with Gasteiger partial charge in [0, 0.05) is 82.6 Å². The predicted molar refractivity (Wildman–Crippen MR) is 154 cm³/mol. The number of nitrogens with one attached hydrogen (secondary N) is 1. The maximum Gasteiger partial charge on any atom is 0.500 e. The first-order valence-corrected chi connectivity index (χ1v) is 17.7. The van der Waals surface area contributed by atoms with Crippen LogP contribution in [0, 0.1) is 10.1 Å². The van der Waals surface area contributed by atoms with E-state index in [4.69, 9.17) is 26.6 Å². The van der Waals surface area contributed by atoms with Crippen molar-refractivity contribution in [2.24, 2.45) is 0 Å². The molecule has 0 heterocycles. The summed E-state index contributed by atoms with van der Waals surface area (Å²) in [7, 11) is -5.71. The molecule has 0 aliphatic rings. The number of nitrogens with zero attached hydrogens (tertiary/aromatic N) is 2. The molecule has 0 aliphatic heterocycles. The number of carbonyl (C=O) groups is 1. The van der Waals surface area contributed by atoms with Crippen LogP contribution in [0.3, 0.4) is 0 Å². The first-order valence-electron chi connectivity index (χ1n) is 13.9. The van der Waals surface area contributed by atoms with Crippen LogP contribution in [0.25, 0.3) is 0 Å². The summed E-state index contributed by atoms with van der Waals surface area (Å²) < 4.78 is 35.8. The molecule has 39 heavy (non-hydrogen) atoms. The Labute approximate surface area is 235 Å². The van der Waals surface area contributed by atoms with Gasteiger partial charge in [-0.25, -0.2) is 4.79 Å². The van der Waals surface area contributed by atoms with Gasteiger partial charge in [-0.15, -0.1) is 0 Å². The maximum atomic E-state index is 13.3. The lowest BCUT2D eigenvalue weighted by Gasteiger charge is -2.31. The summed E-state index contributed by atoms with van der Waals surface area (Å²) >= 11 is 0. The number of benzene rings is 1. The zero-order chi connectivity index (χ0) is 29.2. The van der Waals surface area contributed by atoms with Gasteiger partial charge in [-0.1, -0.05) is 0 Å². The molecule has 0 spiro atoms. The zero-order valence-electron chi connectivity index (χ0n) is 24.4. The molecule has 0 saturated heterocycles. The molecule has 0 radical (unpaired) electrons. The number of nitro groups is 1. The van der Waals surface area contributed by atoms with Crippen LogP contribution in [-0.2, 0) is 26.6 Å². The quantitative estimate of drug-likeness (QED) is 0.109. The molecular weight excluding hydrogens is 542 g/mol. The summed E-state index contributed by atoms with van der Waals surface area (Å²) in [4.78, 5) is 25.5. The highest BCUT2D eigenvalue weighted by atomic mass is 28.4. The minimum absolute atomic E-state index is 0.0435. The topological polar surface area (TPSA) is 131 Å². The molecule has 2 amide bonds. The van der Waals surface area contributed by atoms with Crippen LogP contribution in [0.4, 0.5) is 16.2 Å². The van der Waals surface area contributed by atoms with E-state index in [1.54, 1.807) is 4.90 Å². The Hall–Kier alpha value is -1.92. The summed E-state index contributed by atoms with van der Waals surface area (Å²) in [5.74, 6) is 0. The number of rotatable bonds is 22. The number of carbonyl (C=O) groups excluding carboxylic acids is 1. The minimum atomic E-state index is -2.86. The molecule has 224 valence electrons. The number of nitro benzene ring substituents is 1. The first-order chi connectivity index (χ1) is 18.7. The molecule has 1 aromatic carbocycles. The number of hydrogen-bond donors (Lipinski definition) is 1. The Kier molecular flexibility index (Phi) is 17.3. The van der Waals surface area contributed by atoms with E-state index in [-0.39, 0.29) is 11.7 Å². The SMILES string of the molecule is CCO[Si](CCCN(CCC[Si](OCC)(OCC)OCC)C(=O)Nc1ccc([N+](=O)[O-])cc1)(OCC)OCC. The van der Waals surface area contributed by atoms with E-state index in [9.17, 15) is 14.9 Å². The van der Waals surface area contributed by atoms with E-state index >= 15 is 0 Å². The summed E-state index contributed by atoms with van der Waals surface area (Å²) in [5, 5.41) is 13.8. The monoisotopic (exact) mass is 589 g/mol. The molecule has 0 unspecified atom stereocenters. The Morgan fingerprint density at radius 1 is 0.744 bits per heavy atom. The highest BCUT2D eigenvalue weighted by molar-refractivity contribution is 6.61. The van der Waals surface area contributed by atoms with Crippen LogP contribution in [0.1, 0.15) is 54.4 Å². The van der Waals surface area contributed by atoms with E-state index in [0.29, 0.717) is 83.3 Å². The number of amides is 2. The van der Waals surface area contributed by atoms with Crippen LogP contribution in [0.5, 0.6) is 0 Å². The molecule has 12 nitrogen and oxygen atoms in total. The molecule has 0 aromatic heterocycles. The molecule has 1 N–H and O–H groups in total. The summed E-state index contributed by atoms with van der Waals surface area (Å²) in [5.41, 5.74) is 0.428.